The molecule has 1 aromatic rings. The summed E-state index contributed by atoms with van der Waals surface area (Å²) in [5.41, 5.74) is 2.06. The van der Waals surface area contributed by atoms with Gasteiger partial charge in [-0.2, -0.15) is 0 Å². The predicted octanol–water partition coefficient (Wildman–Crippen LogP) is 2.16. The zero-order valence-electron chi connectivity index (χ0n) is 10.0. The van der Waals surface area contributed by atoms with Gasteiger partial charge in [0.2, 0.25) is 0 Å². The first-order valence-corrected chi connectivity index (χ1v) is 5.78. The molecule has 0 aliphatic heterocycles. The van der Waals surface area contributed by atoms with Crippen LogP contribution < -0.4 is 0 Å². The number of hydrogen-bond donors (Lipinski definition) is 0. The lowest BCUT2D eigenvalue weighted by atomic mass is 10.1. The van der Waals surface area contributed by atoms with E-state index in [1.807, 2.05) is 62.3 Å². The highest BCUT2D eigenvalue weighted by molar-refractivity contribution is 7.81. The monoisotopic (exact) mass is 252 g/mol. The average molecular weight is 252 g/mol. The first-order valence-electron chi connectivity index (χ1n) is 4.97. The van der Waals surface area contributed by atoms with Crippen molar-refractivity contribution in [2.75, 3.05) is 28.2 Å². The second-order valence-electron chi connectivity index (χ2n) is 3.98. The lowest BCUT2D eigenvalue weighted by molar-refractivity contribution is 0.634. The van der Waals surface area contributed by atoms with Crippen molar-refractivity contribution < 1.29 is 0 Å². The van der Waals surface area contributed by atoms with Crippen molar-refractivity contribution in [1.82, 2.24) is 9.80 Å². The van der Waals surface area contributed by atoms with E-state index in [0.717, 1.165) is 21.1 Å². The maximum absolute atomic E-state index is 5.33. The molecule has 0 aliphatic rings. The second-order valence-corrected chi connectivity index (χ2v) is 4.75. The van der Waals surface area contributed by atoms with Gasteiger partial charge in [0.25, 0.3) is 0 Å². The molecule has 0 aliphatic carbocycles. The number of nitrogens with zero attached hydrogens (tertiary/aromatic N) is 2. The molecule has 0 heterocycles. The molecule has 0 atom stereocenters. The van der Waals surface area contributed by atoms with E-state index in [-0.39, 0.29) is 0 Å². The predicted molar refractivity (Wildman–Crippen MR) is 77.2 cm³/mol. The van der Waals surface area contributed by atoms with Gasteiger partial charge < -0.3 is 9.80 Å². The minimum Gasteiger partial charge on any atom is -0.368 e. The van der Waals surface area contributed by atoms with Gasteiger partial charge in [0.15, 0.2) is 0 Å². The molecular formula is C12H16N2S2. The molecule has 0 fully saturated rings. The van der Waals surface area contributed by atoms with Crippen LogP contribution in [0.2, 0.25) is 0 Å². The second kappa shape index (κ2) is 5.37. The van der Waals surface area contributed by atoms with Gasteiger partial charge in [-0.1, -0.05) is 42.6 Å². The standard InChI is InChI=1S/C12H16N2S2/c1-13(2)11(15)9-6-5-7-10(8-9)12(16)14(3)4/h5-8H,1-4H3. The Morgan fingerprint density at radius 2 is 1.25 bits per heavy atom. The Labute approximate surface area is 108 Å². The van der Waals surface area contributed by atoms with Crippen LogP contribution in [0.5, 0.6) is 0 Å². The highest BCUT2D eigenvalue weighted by atomic mass is 32.1. The highest BCUT2D eigenvalue weighted by Crippen LogP contribution is 2.10. The van der Waals surface area contributed by atoms with E-state index in [9.17, 15) is 0 Å². The Balaban J connectivity index is 3.05. The molecule has 2 nitrogen and oxygen atoms in total. The normalized spacial score (nSPS) is 9.75. The van der Waals surface area contributed by atoms with Crippen molar-refractivity contribution in [3.05, 3.63) is 35.4 Å². The smallest absolute Gasteiger partial charge is 0.108 e. The highest BCUT2D eigenvalue weighted by Gasteiger charge is 2.07. The molecule has 4 heteroatoms. The molecule has 0 aromatic heterocycles. The molecule has 0 N–H and O–H groups in total. The summed E-state index contributed by atoms with van der Waals surface area (Å²) in [5.74, 6) is 0. The summed E-state index contributed by atoms with van der Waals surface area (Å²) in [6, 6.07) is 8.02. The minimum atomic E-state index is 0.823. The molecule has 0 saturated carbocycles. The van der Waals surface area contributed by atoms with Gasteiger partial charge in [-0.15, -0.1) is 0 Å². The maximum atomic E-state index is 5.33. The minimum absolute atomic E-state index is 0.823. The van der Waals surface area contributed by atoms with Crippen LogP contribution in [-0.4, -0.2) is 48.0 Å². The van der Waals surface area contributed by atoms with Crippen molar-refractivity contribution in [2.24, 2.45) is 0 Å². The van der Waals surface area contributed by atoms with Crippen molar-refractivity contribution in [3.8, 4) is 0 Å². The average Bonchev–Trinajstić information content (AvgIpc) is 2.26. The van der Waals surface area contributed by atoms with Crippen molar-refractivity contribution in [2.45, 2.75) is 0 Å². The summed E-state index contributed by atoms with van der Waals surface area (Å²) >= 11 is 10.7. The molecule has 16 heavy (non-hydrogen) atoms. The van der Waals surface area contributed by atoms with E-state index in [1.165, 1.54) is 0 Å². The quantitative estimate of drug-likeness (QED) is 0.744. The zero-order chi connectivity index (χ0) is 12.3. The Morgan fingerprint density at radius 1 is 0.875 bits per heavy atom. The van der Waals surface area contributed by atoms with Gasteiger partial charge in [-0.05, 0) is 6.07 Å². The molecule has 1 rings (SSSR count). The first-order chi connectivity index (χ1) is 7.43. The van der Waals surface area contributed by atoms with Crippen LogP contribution >= 0.6 is 24.4 Å². The topological polar surface area (TPSA) is 6.48 Å². The maximum Gasteiger partial charge on any atom is 0.108 e. The summed E-state index contributed by atoms with van der Waals surface area (Å²) in [6.45, 7) is 0. The Hall–Kier alpha value is -1.00. The number of hydrogen-bond acceptors (Lipinski definition) is 2. The van der Waals surface area contributed by atoms with Crippen LogP contribution in [-0.2, 0) is 0 Å². The molecule has 0 unspecified atom stereocenters. The summed E-state index contributed by atoms with van der Waals surface area (Å²) in [5, 5.41) is 0. The Bertz CT molecular complexity index is 376. The fraction of sp³-hybridized carbons (Fsp3) is 0.333. The van der Waals surface area contributed by atoms with Crippen LogP contribution in [0.4, 0.5) is 0 Å². The van der Waals surface area contributed by atoms with Crippen LogP contribution in [0.25, 0.3) is 0 Å². The van der Waals surface area contributed by atoms with E-state index in [1.54, 1.807) is 0 Å². The third-order valence-corrected chi connectivity index (χ3v) is 3.37. The summed E-state index contributed by atoms with van der Waals surface area (Å²) in [4.78, 5) is 5.49. The van der Waals surface area contributed by atoms with Gasteiger partial charge in [-0.3, -0.25) is 0 Å². The SMILES string of the molecule is CN(C)C(=S)c1cccc(C(=S)N(C)C)c1. The first kappa shape index (κ1) is 13.1. The molecular weight excluding hydrogens is 236 g/mol. The van der Waals surface area contributed by atoms with E-state index in [4.69, 9.17) is 24.4 Å². The molecule has 0 bridgehead atoms. The molecule has 0 radical (unpaired) electrons. The fourth-order valence-corrected chi connectivity index (χ4v) is 1.56. The van der Waals surface area contributed by atoms with Crippen molar-refractivity contribution >= 4 is 34.4 Å². The van der Waals surface area contributed by atoms with Crippen molar-refractivity contribution in [3.63, 3.8) is 0 Å². The lowest BCUT2D eigenvalue weighted by Crippen LogP contribution is -2.23. The number of benzene rings is 1. The molecule has 0 saturated heterocycles. The van der Waals surface area contributed by atoms with Gasteiger partial charge in [0.05, 0.1) is 0 Å². The molecule has 1 aromatic carbocycles. The molecule has 0 amide bonds. The Morgan fingerprint density at radius 3 is 1.56 bits per heavy atom. The summed E-state index contributed by atoms with van der Waals surface area (Å²) in [6.07, 6.45) is 0. The summed E-state index contributed by atoms with van der Waals surface area (Å²) < 4.78 is 0. The van der Waals surface area contributed by atoms with Gasteiger partial charge in [0, 0.05) is 39.3 Å². The van der Waals surface area contributed by atoms with Gasteiger partial charge in [-0.25, -0.2) is 0 Å². The number of thiocarbonyl (C=S) groups is 2. The van der Waals surface area contributed by atoms with Gasteiger partial charge >= 0.3 is 0 Å². The van der Waals surface area contributed by atoms with Crippen LogP contribution in [0.15, 0.2) is 24.3 Å². The van der Waals surface area contributed by atoms with E-state index < -0.39 is 0 Å². The lowest BCUT2D eigenvalue weighted by Gasteiger charge is -2.17. The van der Waals surface area contributed by atoms with Crippen LogP contribution in [0.3, 0.4) is 0 Å². The largest absolute Gasteiger partial charge is 0.368 e. The van der Waals surface area contributed by atoms with E-state index in [2.05, 4.69) is 0 Å². The fourth-order valence-electron chi connectivity index (χ4n) is 1.30. The third kappa shape index (κ3) is 3.00. The van der Waals surface area contributed by atoms with Crippen LogP contribution in [0, 0.1) is 0 Å². The molecule has 0 spiro atoms. The Kier molecular flexibility index (Phi) is 4.38. The zero-order valence-corrected chi connectivity index (χ0v) is 11.7. The van der Waals surface area contributed by atoms with Gasteiger partial charge in [0.1, 0.15) is 9.98 Å². The van der Waals surface area contributed by atoms with E-state index in [0.29, 0.717) is 0 Å². The van der Waals surface area contributed by atoms with Crippen molar-refractivity contribution in [1.29, 1.82) is 0 Å². The van der Waals surface area contributed by atoms with Crippen LogP contribution in [0.1, 0.15) is 11.1 Å². The summed E-state index contributed by atoms with van der Waals surface area (Å²) in [7, 11) is 7.77. The third-order valence-electron chi connectivity index (χ3n) is 2.17. The molecule has 86 valence electrons. The number of rotatable bonds is 2. The van der Waals surface area contributed by atoms with E-state index >= 15 is 0 Å².